The summed E-state index contributed by atoms with van der Waals surface area (Å²) in [5, 5.41) is 1.69. The van der Waals surface area contributed by atoms with Gasteiger partial charge in [-0.15, -0.1) is 0 Å². The van der Waals surface area contributed by atoms with E-state index in [4.69, 9.17) is 17.1 Å². The van der Waals surface area contributed by atoms with Crippen LogP contribution in [0.25, 0.3) is 0 Å². The molecule has 3 aliphatic rings. The van der Waals surface area contributed by atoms with E-state index < -0.39 is 12.0 Å². The van der Waals surface area contributed by atoms with Gasteiger partial charge in [-0.05, 0) is 31.5 Å². The monoisotopic (exact) mass is 453 g/mol. The van der Waals surface area contributed by atoms with E-state index in [-0.39, 0.29) is 28.8 Å². The van der Waals surface area contributed by atoms with Gasteiger partial charge in [-0.3, -0.25) is 14.4 Å². The van der Waals surface area contributed by atoms with Crippen molar-refractivity contribution in [3.63, 3.8) is 0 Å². The maximum absolute atomic E-state index is 13.6. The predicted octanol–water partition coefficient (Wildman–Crippen LogP) is 3.60. The van der Waals surface area contributed by atoms with Gasteiger partial charge in [0.15, 0.2) is 6.10 Å². The molecule has 0 bridgehead atoms. The molecule has 6 nitrogen and oxygen atoms in total. The Labute approximate surface area is 191 Å². The van der Waals surface area contributed by atoms with Crippen LogP contribution < -0.4 is 4.90 Å². The molecule has 31 heavy (non-hydrogen) atoms. The number of carbonyl (C=O) groups is 2. The van der Waals surface area contributed by atoms with Gasteiger partial charge >= 0.3 is 0 Å². The minimum Gasteiger partial charge on any atom is -0.353 e. The lowest BCUT2D eigenvalue weighted by molar-refractivity contribution is -0.188. The number of carbonyl (C=O) groups excluding carboxylic acids is 2. The molecule has 3 saturated heterocycles. The highest BCUT2D eigenvalue weighted by Gasteiger charge is 2.63. The van der Waals surface area contributed by atoms with Crippen molar-refractivity contribution in [1.29, 1.82) is 0 Å². The molecule has 3 fully saturated rings. The molecule has 0 spiro atoms. The first-order valence-electron chi connectivity index (χ1n) is 10.2. The topological polar surface area (TPSA) is 53.1 Å². The Balaban J connectivity index is 1.57. The molecule has 3 heterocycles. The van der Waals surface area contributed by atoms with Gasteiger partial charge in [-0.2, -0.15) is 5.06 Å². The van der Waals surface area contributed by atoms with Crippen molar-refractivity contribution in [3.8, 4) is 0 Å². The smallest absolute Gasteiger partial charge is 0.265 e. The lowest BCUT2D eigenvalue weighted by Crippen LogP contribution is -2.51. The molecule has 0 unspecified atom stereocenters. The van der Waals surface area contributed by atoms with Gasteiger partial charge in [-0.25, -0.2) is 4.90 Å². The van der Waals surface area contributed by atoms with Crippen LogP contribution in [0.15, 0.2) is 60.7 Å². The summed E-state index contributed by atoms with van der Waals surface area (Å²) in [4.78, 5) is 36.6. The standard InChI is InChI=1S/C23H23N3O3S2/c1-23(2)21(31-22(30)24(23)3)26-17(14-10-6-4-7-11-14)16-18(29-26)20(28)25(19(16)27)15-12-8-5-9-13-15/h4-13,16-18,21H,1-3H3/t16-,17+,18-,21-/m0/s1. The fourth-order valence-electron chi connectivity index (χ4n) is 4.55. The normalized spacial score (nSPS) is 30.4. The van der Waals surface area contributed by atoms with Gasteiger partial charge in [-0.1, -0.05) is 72.5 Å². The van der Waals surface area contributed by atoms with Crippen molar-refractivity contribution in [3.05, 3.63) is 66.2 Å². The third-order valence-electron chi connectivity index (χ3n) is 6.49. The van der Waals surface area contributed by atoms with Crippen LogP contribution in [0.4, 0.5) is 5.69 Å². The fourth-order valence-corrected chi connectivity index (χ4v) is 6.38. The number of rotatable bonds is 3. The second-order valence-corrected chi connectivity index (χ2v) is 10.3. The quantitative estimate of drug-likeness (QED) is 0.520. The van der Waals surface area contributed by atoms with Crippen molar-refractivity contribution in [2.24, 2.45) is 5.92 Å². The van der Waals surface area contributed by atoms with Crippen LogP contribution in [0, 0.1) is 5.92 Å². The molecular weight excluding hydrogens is 430 g/mol. The molecule has 2 aromatic carbocycles. The molecule has 0 aliphatic carbocycles. The van der Waals surface area contributed by atoms with Crippen molar-refractivity contribution in [1.82, 2.24) is 9.96 Å². The first kappa shape index (κ1) is 20.6. The molecule has 0 radical (unpaired) electrons. The summed E-state index contributed by atoms with van der Waals surface area (Å²) in [5.74, 6) is -1.17. The lowest BCUT2D eigenvalue weighted by Gasteiger charge is -2.39. The molecule has 4 atom stereocenters. The zero-order valence-corrected chi connectivity index (χ0v) is 19.1. The predicted molar refractivity (Wildman–Crippen MR) is 124 cm³/mol. The van der Waals surface area contributed by atoms with Crippen LogP contribution in [-0.4, -0.2) is 50.2 Å². The van der Waals surface area contributed by atoms with Crippen molar-refractivity contribution >= 4 is 45.8 Å². The van der Waals surface area contributed by atoms with Crippen LogP contribution in [0.5, 0.6) is 0 Å². The Morgan fingerprint density at radius 1 is 0.968 bits per heavy atom. The summed E-state index contributed by atoms with van der Waals surface area (Å²) in [6, 6.07) is 18.5. The van der Waals surface area contributed by atoms with Gasteiger partial charge in [0.05, 0.1) is 23.2 Å². The number of benzene rings is 2. The Hall–Kier alpha value is -2.26. The highest BCUT2D eigenvalue weighted by Crippen LogP contribution is 2.52. The number of hydrogen-bond donors (Lipinski definition) is 0. The first-order valence-corrected chi connectivity index (χ1v) is 11.5. The highest BCUT2D eigenvalue weighted by atomic mass is 32.2. The molecule has 5 rings (SSSR count). The lowest BCUT2D eigenvalue weighted by atomic mass is 9.90. The molecule has 8 heteroatoms. The summed E-state index contributed by atoms with van der Waals surface area (Å²) in [7, 11) is 1.97. The average molecular weight is 454 g/mol. The highest BCUT2D eigenvalue weighted by molar-refractivity contribution is 8.23. The number of thioether (sulfide) groups is 1. The van der Waals surface area contributed by atoms with Crippen LogP contribution >= 0.6 is 24.0 Å². The molecule has 0 aromatic heterocycles. The second-order valence-electron chi connectivity index (χ2n) is 8.56. The molecule has 3 aliphatic heterocycles. The first-order chi connectivity index (χ1) is 14.8. The summed E-state index contributed by atoms with van der Waals surface area (Å²) in [6.45, 7) is 4.20. The number of para-hydroxylation sites is 1. The molecule has 160 valence electrons. The van der Waals surface area contributed by atoms with Gasteiger partial charge in [0, 0.05) is 7.05 Å². The van der Waals surface area contributed by atoms with Gasteiger partial charge in [0.25, 0.3) is 5.91 Å². The number of fused-ring (bicyclic) bond motifs is 1. The van der Waals surface area contributed by atoms with Crippen LogP contribution in [0.3, 0.4) is 0 Å². The van der Waals surface area contributed by atoms with Crippen LogP contribution in [0.2, 0.25) is 0 Å². The van der Waals surface area contributed by atoms with Crippen molar-refractivity contribution in [2.45, 2.75) is 36.9 Å². The summed E-state index contributed by atoms with van der Waals surface area (Å²) < 4.78 is 0.769. The second kappa shape index (κ2) is 7.41. The van der Waals surface area contributed by atoms with Crippen LogP contribution in [-0.2, 0) is 14.4 Å². The van der Waals surface area contributed by atoms with Gasteiger partial charge in [0.2, 0.25) is 5.91 Å². The molecule has 0 N–H and O–H groups in total. The minimum atomic E-state index is -0.853. The Morgan fingerprint density at radius 3 is 2.16 bits per heavy atom. The number of hydrogen-bond acceptors (Lipinski definition) is 6. The number of anilines is 1. The zero-order chi connectivity index (χ0) is 21.9. The van der Waals surface area contributed by atoms with Crippen LogP contribution in [0.1, 0.15) is 25.5 Å². The van der Waals surface area contributed by atoms with Gasteiger partial charge in [0.1, 0.15) is 9.69 Å². The third-order valence-corrected chi connectivity index (χ3v) is 8.53. The van der Waals surface area contributed by atoms with Crippen molar-refractivity contribution < 1.29 is 14.4 Å². The van der Waals surface area contributed by atoms with E-state index in [9.17, 15) is 9.59 Å². The summed E-state index contributed by atoms with van der Waals surface area (Å²) in [5.41, 5.74) is 1.19. The maximum Gasteiger partial charge on any atom is 0.265 e. The SMILES string of the molecule is CN1C(=S)S[C@H](N2O[C@@H]3C(=O)N(c4ccccc4)C(=O)[C@H]3[C@H]2c2ccccc2)C1(C)C. The number of imide groups is 1. The summed E-state index contributed by atoms with van der Waals surface area (Å²) in [6.07, 6.45) is -0.853. The van der Waals surface area contributed by atoms with Crippen molar-refractivity contribution in [2.75, 3.05) is 11.9 Å². The summed E-state index contributed by atoms with van der Waals surface area (Å²) >= 11 is 7.09. The Morgan fingerprint density at radius 2 is 1.58 bits per heavy atom. The zero-order valence-electron chi connectivity index (χ0n) is 17.5. The number of hydroxylamine groups is 2. The van der Waals surface area contributed by atoms with E-state index in [1.54, 1.807) is 12.1 Å². The number of amides is 2. The van der Waals surface area contributed by atoms with E-state index in [0.717, 1.165) is 9.88 Å². The van der Waals surface area contributed by atoms with E-state index >= 15 is 0 Å². The van der Waals surface area contributed by atoms with E-state index in [0.29, 0.717) is 5.69 Å². The molecular formula is C23H23N3O3S2. The van der Waals surface area contributed by atoms with E-state index in [1.807, 2.05) is 60.6 Å². The molecule has 2 aromatic rings. The number of thiocarbonyl (C=S) groups is 1. The van der Waals surface area contributed by atoms with Gasteiger partial charge < -0.3 is 4.90 Å². The van der Waals surface area contributed by atoms with E-state index in [1.165, 1.54) is 16.7 Å². The minimum absolute atomic E-state index is 0.161. The van der Waals surface area contributed by atoms with E-state index in [2.05, 4.69) is 18.7 Å². The molecule has 2 amide bonds. The Kier molecular flexibility index (Phi) is 4.93. The number of likely N-dealkylation sites (N-methyl/N-ethyl adjacent to an activating group) is 1. The fraction of sp³-hybridized carbons (Fsp3) is 0.348. The molecule has 0 saturated carbocycles. The Bertz CT molecular complexity index is 1050. The largest absolute Gasteiger partial charge is 0.353 e. The number of nitrogens with zero attached hydrogens (tertiary/aromatic N) is 3. The maximum atomic E-state index is 13.6. The third kappa shape index (κ3) is 3.04. The average Bonchev–Trinajstić information content (AvgIpc) is 3.34.